The molecule has 22 heavy (non-hydrogen) atoms. The molecule has 0 radical (unpaired) electrons. The Bertz CT molecular complexity index is 737. The fourth-order valence-corrected chi connectivity index (χ4v) is 2.49. The first kappa shape index (κ1) is 15.0. The molecule has 3 nitrogen and oxygen atoms in total. The van der Waals surface area contributed by atoms with E-state index in [9.17, 15) is 13.2 Å². The number of alkyl halides is 3. The third-order valence-corrected chi connectivity index (χ3v) is 3.82. The minimum absolute atomic E-state index is 0.182. The molecule has 0 saturated heterocycles. The van der Waals surface area contributed by atoms with Crippen LogP contribution in [0.25, 0.3) is 6.08 Å². The maximum absolute atomic E-state index is 12.8. The zero-order valence-corrected chi connectivity index (χ0v) is 12.3. The highest BCUT2D eigenvalue weighted by Crippen LogP contribution is 2.36. The third-order valence-electron chi connectivity index (χ3n) is 3.47. The van der Waals surface area contributed by atoms with E-state index < -0.39 is 12.3 Å². The van der Waals surface area contributed by atoms with Gasteiger partial charge in [0.25, 0.3) is 0 Å². The lowest BCUT2D eigenvalue weighted by atomic mass is 10.1. The smallest absolute Gasteiger partial charge is 0.429 e. The molecule has 2 heterocycles. The lowest BCUT2D eigenvalue weighted by Crippen LogP contribution is -2.33. The van der Waals surface area contributed by atoms with Crippen molar-refractivity contribution in [3.8, 4) is 5.75 Å². The first-order valence-electron chi connectivity index (χ1n) is 6.56. The van der Waals surface area contributed by atoms with E-state index in [1.165, 1.54) is 6.08 Å². The van der Waals surface area contributed by atoms with Gasteiger partial charge in [0.05, 0.1) is 6.54 Å². The summed E-state index contributed by atoms with van der Waals surface area (Å²) in [5, 5.41) is 0.477. The summed E-state index contributed by atoms with van der Waals surface area (Å²) in [6.07, 6.45) is -0.558. The predicted octanol–water partition coefficient (Wildman–Crippen LogP) is 4.23. The van der Waals surface area contributed by atoms with Crippen molar-refractivity contribution < 1.29 is 17.9 Å². The van der Waals surface area contributed by atoms with Crippen LogP contribution < -0.4 is 4.74 Å². The zero-order chi connectivity index (χ0) is 15.9. The molecule has 0 amide bonds. The molecule has 1 aliphatic heterocycles. The second-order valence-corrected chi connectivity index (χ2v) is 5.43. The van der Waals surface area contributed by atoms with E-state index in [4.69, 9.17) is 16.3 Å². The normalized spacial score (nSPS) is 17.2. The molecule has 0 spiro atoms. The minimum atomic E-state index is -4.44. The summed E-state index contributed by atoms with van der Waals surface area (Å²) in [4.78, 5) is 4.10. The SMILES string of the molecule is Cc1nccn1Cc1cc2c(cc1Cl)C=CC(C(F)(F)F)O2. The van der Waals surface area contributed by atoms with Gasteiger partial charge in [-0.1, -0.05) is 17.7 Å². The Labute approximate surface area is 130 Å². The van der Waals surface area contributed by atoms with Crippen molar-refractivity contribution in [2.24, 2.45) is 0 Å². The third kappa shape index (κ3) is 2.83. The standard InChI is InChI=1S/C15H12ClF3N2O/c1-9-20-4-5-21(9)8-11-7-13-10(6-12(11)16)2-3-14(22-13)15(17,18)19/h2-7,14H,8H2,1H3. The van der Waals surface area contributed by atoms with Crippen LogP contribution in [0.5, 0.6) is 5.75 Å². The summed E-state index contributed by atoms with van der Waals surface area (Å²) in [7, 11) is 0. The van der Waals surface area contributed by atoms with Gasteiger partial charge in [0.15, 0.2) is 0 Å². The number of aromatic nitrogens is 2. The van der Waals surface area contributed by atoms with Crippen LogP contribution in [0.15, 0.2) is 30.6 Å². The molecule has 0 N–H and O–H groups in total. The summed E-state index contributed by atoms with van der Waals surface area (Å²) >= 11 is 6.21. The molecule has 2 aromatic rings. The number of rotatable bonds is 2. The van der Waals surface area contributed by atoms with Crippen molar-refractivity contribution in [2.45, 2.75) is 25.7 Å². The Morgan fingerprint density at radius 1 is 1.36 bits per heavy atom. The van der Waals surface area contributed by atoms with Crippen molar-refractivity contribution >= 4 is 17.7 Å². The molecule has 1 aromatic heterocycles. The number of fused-ring (bicyclic) bond motifs is 1. The zero-order valence-electron chi connectivity index (χ0n) is 11.6. The quantitative estimate of drug-likeness (QED) is 0.825. The van der Waals surface area contributed by atoms with Gasteiger partial charge in [0.2, 0.25) is 6.10 Å². The molecule has 1 aromatic carbocycles. The highest BCUT2D eigenvalue weighted by atomic mass is 35.5. The van der Waals surface area contributed by atoms with E-state index in [0.717, 1.165) is 11.9 Å². The van der Waals surface area contributed by atoms with Gasteiger partial charge in [-0.05, 0) is 30.7 Å². The average molecular weight is 329 g/mol. The maximum atomic E-state index is 12.8. The van der Waals surface area contributed by atoms with Crippen molar-refractivity contribution in [1.29, 1.82) is 0 Å². The highest BCUT2D eigenvalue weighted by molar-refractivity contribution is 6.31. The molecule has 1 aliphatic rings. The summed E-state index contributed by atoms with van der Waals surface area (Å²) < 4.78 is 45.2. The van der Waals surface area contributed by atoms with Crippen LogP contribution in [-0.4, -0.2) is 21.8 Å². The number of nitrogens with zero attached hydrogens (tertiary/aromatic N) is 2. The monoisotopic (exact) mass is 328 g/mol. The molecule has 3 rings (SSSR count). The Morgan fingerprint density at radius 2 is 2.14 bits per heavy atom. The molecule has 0 fully saturated rings. The van der Waals surface area contributed by atoms with E-state index in [1.807, 2.05) is 11.5 Å². The van der Waals surface area contributed by atoms with Crippen LogP contribution in [0.3, 0.4) is 0 Å². The van der Waals surface area contributed by atoms with Gasteiger partial charge in [-0.3, -0.25) is 0 Å². The largest absolute Gasteiger partial charge is 0.476 e. The first-order valence-corrected chi connectivity index (χ1v) is 6.94. The molecule has 0 bridgehead atoms. The molecular weight excluding hydrogens is 317 g/mol. The average Bonchev–Trinajstić information content (AvgIpc) is 2.83. The lowest BCUT2D eigenvalue weighted by molar-refractivity contribution is -0.180. The van der Waals surface area contributed by atoms with Crippen LogP contribution in [0.2, 0.25) is 5.02 Å². The molecule has 7 heteroatoms. The van der Waals surface area contributed by atoms with Crippen LogP contribution >= 0.6 is 11.6 Å². The number of ether oxygens (including phenoxy) is 1. The Kier molecular flexibility index (Phi) is 3.64. The van der Waals surface area contributed by atoms with Crippen molar-refractivity contribution in [3.63, 3.8) is 0 Å². The van der Waals surface area contributed by atoms with Gasteiger partial charge in [0, 0.05) is 23.0 Å². The van der Waals surface area contributed by atoms with Gasteiger partial charge in [-0.15, -0.1) is 0 Å². The number of halogens is 4. The number of hydrogen-bond donors (Lipinski definition) is 0. The van der Waals surface area contributed by atoms with Gasteiger partial charge in [-0.2, -0.15) is 13.2 Å². The number of imidazole rings is 1. The van der Waals surface area contributed by atoms with Crippen molar-refractivity contribution in [1.82, 2.24) is 9.55 Å². The van der Waals surface area contributed by atoms with Gasteiger partial charge < -0.3 is 9.30 Å². The molecule has 1 atom stereocenters. The second kappa shape index (κ2) is 5.35. The molecule has 0 aliphatic carbocycles. The summed E-state index contributed by atoms with van der Waals surface area (Å²) in [5.41, 5.74) is 1.22. The van der Waals surface area contributed by atoms with Crippen LogP contribution in [0.4, 0.5) is 13.2 Å². The van der Waals surface area contributed by atoms with E-state index in [1.54, 1.807) is 24.5 Å². The lowest BCUT2D eigenvalue weighted by Gasteiger charge is -2.24. The Hall–Kier alpha value is -1.95. The fraction of sp³-hybridized carbons (Fsp3) is 0.267. The van der Waals surface area contributed by atoms with Gasteiger partial charge >= 0.3 is 6.18 Å². The van der Waals surface area contributed by atoms with Crippen molar-refractivity contribution in [2.75, 3.05) is 0 Å². The highest BCUT2D eigenvalue weighted by Gasteiger charge is 2.41. The van der Waals surface area contributed by atoms with E-state index in [-0.39, 0.29) is 5.75 Å². The number of aryl methyl sites for hydroxylation is 1. The molecule has 116 valence electrons. The second-order valence-electron chi connectivity index (χ2n) is 5.02. The number of hydrogen-bond acceptors (Lipinski definition) is 2. The van der Waals surface area contributed by atoms with Crippen LogP contribution in [0, 0.1) is 6.92 Å². The molecular formula is C15H12ClF3N2O. The fourth-order valence-electron chi connectivity index (χ4n) is 2.26. The summed E-state index contributed by atoms with van der Waals surface area (Å²) in [5.74, 6) is 0.977. The summed E-state index contributed by atoms with van der Waals surface area (Å²) in [6.45, 7) is 2.26. The van der Waals surface area contributed by atoms with Gasteiger partial charge in [-0.25, -0.2) is 4.98 Å². The first-order chi connectivity index (χ1) is 10.3. The molecule has 1 unspecified atom stereocenters. The molecule has 0 saturated carbocycles. The summed E-state index contributed by atoms with van der Waals surface area (Å²) in [6, 6.07) is 3.17. The predicted molar refractivity (Wildman–Crippen MR) is 77.0 cm³/mol. The Balaban J connectivity index is 1.93. The van der Waals surface area contributed by atoms with Crippen LogP contribution in [-0.2, 0) is 6.54 Å². The topological polar surface area (TPSA) is 27.1 Å². The maximum Gasteiger partial charge on any atom is 0.429 e. The minimum Gasteiger partial charge on any atom is -0.476 e. The van der Waals surface area contributed by atoms with Crippen molar-refractivity contribution in [3.05, 3.63) is 52.6 Å². The Morgan fingerprint density at radius 3 is 2.77 bits per heavy atom. The van der Waals surface area contributed by atoms with Gasteiger partial charge in [0.1, 0.15) is 11.6 Å². The van der Waals surface area contributed by atoms with E-state index in [0.29, 0.717) is 22.7 Å². The number of benzene rings is 1. The van der Waals surface area contributed by atoms with E-state index in [2.05, 4.69) is 4.98 Å². The van der Waals surface area contributed by atoms with Crippen LogP contribution in [0.1, 0.15) is 17.0 Å². The van der Waals surface area contributed by atoms with E-state index >= 15 is 0 Å².